The van der Waals surface area contributed by atoms with Crippen LogP contribution >= 0.6 is 0 Å². The molecular weight excluding hydrogens is 248 g/mol. The molecule has 0 aromatic heterocycles. The first-order chi connectivity index (χ1) is 8.12. The average molecular weight is 265 g/mol. The molecule has 0 unspecified atom stereocenters. The number of amides is 1. The lowest BCUT2D eigenvalue weighted by Crippen LogP contribution is -2.48. The van der Waals surface area contributed by atoms with E-state index >= 15 is 0 Å². The summed E-state index contributed by atoms with van der Waals surface area (Å²) in [7, 11) is 1.09. The van der Waals surface area contributed by atoms with Gasteiger partial charge in [-0.2, -0.15) is 0 Å². The molecule has 1 fully saturated rings. The number of alkyl carbamates (subject to hydrolysis) is 1. The van der Waals surface area contributed by atoms with Gasteiger partial charge in [-0.1, -0.05) is 0 Å². The molecular formula is C11H17F2NO4. The van der Waals surface area contributed by atoms with Gasteiger partial charge in [0.2, 0.25) is 6.43 Å². The predicted octanol–water partition coefficient (Wildman–Crippen LogP) is 1.71. The van der Waals surface area contributed by atoms with Crippen molar-refractivity contribution in [3.8, 4) is 0 Å². The minimum absolute atomic E-state index is 0.142. The van der Waals surface area contributed by atoms with E-state index in [9.17, 15) is 18.4 Å². The second-order valence-corrected chi connectivity index (χ2v) is 5.23. The topological polar surface area (TPSA) is 64.6 Å². The molecule has 0 spiro atoms. The fourth-order valence-corrected chi connectivity index (χ4v) is 1.69. The van der Waals surface area contributed by atoms with Gasteiger partial charge in [0.05, 0.1) is 13.0 Å². The van der Waals surface area contributed by atoms with Crippen molar-refractivity contribution >= 4 is 12.1 Å². The molecule has 1 aliphatic rings. The van der Waals surface area contributed by atoms with Crippen molar-refractivity contribution < 1.29 is 27.8 Å². The molecule has 1 rings (SSSR count). The molecule has 1 aliphatic carbocycles. The van der Waals surface area contributed by atoms with Gasteiger partial charge >= 0.3 is 12.1 Å². The summed E-state index contributed by atoms with van der Waals surface area (Å²) in [6.07, 6.45) is -3.74. The Balaban J connectivity index is 2.72. The van der Waals surface area contributed by atoms with E-state index in [0.29, 0.717) is 0 Å². The second-order valence-electron chi connectivity index (χ2n) is 5.23. The second kappa shape index (κ2) is 4.70. The summed E-state index contributed by atoms with van der Waals surface area (Å²) in [5.41, 5.74) is -2.41. The molecule has 18 heavy (non-hydrogen) atoms. The molecule has 2 atom stereocenters. The lowest BCUT2D eigenvalue weighted by Gasteiger charge is -2.23. The number of hydrogen-bond donors (Lipinski definition) is 1. The third-order valence-electron chi connectivity index (χ3n) is 2.59. The SMILES string of the molecule is COC(=O)[C@@]1(NC(=O)OC(C)(C)C)C[C@@H]1C(F)F. The Bertz CT molecular complexity index is 353. The molecule has 104 valence electrons. The van der Waals surface area contributed by atoms with Crippen LogP contribution in [0, 0.1) is 5.92 Å². The number of hydrogen-bond acceptors (Lipinski definition) is 4. The normalized spacial score (nSPS) is 26.7. The van der Waals surface area contributed by atoms with Crippen LogP contribution in [0.1, 0.15) is 27.2 Å². The van der Waals surface area contributed by atoms with Gasteiger partial charge in [-0.15, -0.1) is 0 Å². The molecule has 0 saturated heterocycles. The van der Waals surface area contributed by atoms with Crippen LogP contribution in [0.15, 0.2) is 0 Å². The van der Waals surface area contributed by atoms with Crippen LogP contribution in [-0.2, 0) is 14.3 Å². The lowest BCUT2D eigenvalue weighted by atomic mass is 10.2. The Morgan fingerprint density at radius 3 is 2.28 bits per heavy atom. The van der Waals surface area contributed by atoms with Gasteiger partial charge in [0.25, 0.3) is 0 Å². The number of esters is 1. The average Bonchev–Trinajstić information content (AvgIpc) is 2.89. The predicted molar refractivity (Wildman–Crippen MR) is 58.2 cm³/mol. The number of rotatable bonds is 3. The largest absolute Gasteiger partial charge is 0.467 e. The first-order valence-electron chi connectivity index (χ1n) is 5.50. The maximum absolute atomic E-state index is 12.6. The Hall–Kier alpha value is -1.40. The molecule has 1 N–H and O–H groups in total. The molecule has 0 aromatic carbocycles. The van der Waals surface area contributed by atoms with Gasteiger partial charge in [-0.05, 0) is 27.2 Å². The zero-order valence-electron chi connectivity index (χ0n) is 10.8. The van der Waals surface area contributed by atoms with Crippen molar-refractivity contribution in [1.29, 1.82) is 0 Å². The summed E-state index contributed by atoms with van der Waals surface area (Å²) in [4.78, 5) is 23.0. The minimum Gasteiger partial charge on any atom is -0.467 e. The van der Waals surface area contributed by atoms with Crippen molar-refractivity contribution in [3.05, 3.63) is 0 Å². The Kier molecular flexibility index (Phi) is 3.83. The zero-order chi connectivity index (χ0) is 14.1. The smallest absolute Gasteiger partial charge is 0.408 e. The number of carbonyl (C=O) groups excluding carboxylic acids is 2. The van der Waals surface area contributed by atoms with Gasteiger partial charge in [0, 0.05) is 0 Å². The molecule has 0 radical (unpaired) electrons. The van der Waals surface area contributed by atoms with Gasteiger partial charge in [0.15, 0.2) is 0 Å². The van der Waals surface area contributed by atoms with Crippen LogP contribution in [0.2, 0.25) is 0 Å². The van der Waals surface area contributed by atoms with E-state index < -0.39 is 35.5 Å². The van der Waals surface area contributed by atoms with Crippen molar-refractivity contribution in [1.82, 2.24) is 5.32 Å². The van der Waals surface area contributed by atoms with Crippen LogP contribution < -0.4 is 5.32 Å². The summed E-state index contributed by atoms with van der Waals surface area (Å²) in [6, 6.07) is 0. The van der Waals surface area contributed by atoms with Crippen LogP contribution in [0.25, 0.3) is 0 Å². The van der Waals surface area contributed by atoms with Crippen molar-refractivity contribution in [2.75, 3.05) is 7.11 Å². The minimum atomic E-state index is -2.70. The van der Waals surface area contributed by atoms with Crippen LogP contribution in [0.3, 0.4) is 0 Å². The molecule has 0 bridgehead atoms. The van der Waals surface area contributed by atoms with Crippen molar-refractivity contribution in [3.63, 3.8) is 0 Å². The van der Waals surface area contributed by atoms with E-state index in [-0.39, 0.29) is 6.42 Å². The Morgan fingerprint density at radius 2 is 1.94 bits per heavy atom. The Morgan fingerprint density at radius 1 is 1.39 bits per heavy atom. The summed E-state index contributed by atoms with van der Waals surface area (Å²) >= 11 is 0. The Labute approximate surface area is 104 Å². The van der Waals surface area contributed by atoms with Gasteiger partial charge in [-0.25, -0.2) is 18.4 Å². The molecule has 0 aromatic rings. The summed E-state index contributed by atoms with van der Waals surface area (Å²) < 4.78 is 34.6. The number of methoxy groups -OCH3 is 1. The third-order valence-corrected chi connectivity index (χ3v) is 2.59. The lowest BCUT2D eigenvalue weighted by molar-refractivity contribution is -0.145. The highest BCUT2D eigenvalue weighted by Gasteiger charge is 2.66. The van der Waals surface area contributed by atoms with Gasteiger partial charge in [-0.3, -0.25) is 0 Å². The number of halogens is 2. The monoisotopic (exact) mass is 265 g/mol. The summed E-state index contributed by atoms with van der Waals surface area (Å²) in [6.45, 7) is 4.90. The fourth-order valence-electron chi connectivity index (χ4n) is 1.69. The quantitative estimate of drug-likeness (QED) is 0.789. The summed E-state index contributed by atoms with van der Waals surface area (Å²) in [5, 5.41) is 2.19. The molecule has 1 saturated carbocycles. The third kappa shape index (κ3) is 3.08. The number of nitrogens with one attached hydrogen (secondary N) is 1. The standard InChI is InChI=1S/C11H17F2NO4/c1-10(2,3)18-9(16)14-11(8(15)17-4)5-6(11)7(12)13/h6-7H,5H2,1-4H3,(H,14,16)/t6-,11-/m1/s1. The maximum atomic E-state index is 12.6. The summed E-state index contributed by atoms with van der Waals surface area (Å²) in [5.74, 6) is -2.10. The van der Waals surface area contributed by atoms with Gasteiger partial charge in [0.1, 0.15) is 11.1 Å². The van der Waals surface area contributed by atoms with E-state index in [2.05, 4.69) is 10.1 Å². The molecule has 1 amide bonds. The van der Waals surface area contributed by atoms with E-state index in [1.165, 1.54) is 0 Å². The first kappa shape index (κ1) is 14.7. The molecule has 7 heteroatoms. The fraction of sp³-hybridized carbons (Fsp3) is 0.818. The number of alkyl halides is 2. The first-order valence-corrected chi connectivity index (χ1v) is 5.50. The van der Waals surface area contributed by atoms with Gasteiger partial charge < -0.3 is 14.8 Å². The maximum Gasteiger partial charge on any atom is 0.408 e. The highest BCUT2D eigenvalue weighted by Crippen LogP contribution is 2.48. The van der Waals surface area contributed by atoms with E-state index in [4.69, 9.17) is 4.74 Å². The highest BCUT2D eigenvalue weighted by molar-refractivity contribution is 5.89. The van der Waals surface area contributed by atoms with Crippen molar-refractivity contribution in [2.45, 2.75) is 44.8 Å². The van der Waals surface area contributed by atoms with E-state index in [1.807, 2.05) is 0 Å². The number of ether oxygens (including phenoxy) is 2. The van der Waals surface area contributed by atoms with E-state index in [1.54, 1.807) is 20.8 Å². The van der Waals surface area contributed by atoms with Crippen LogP contribution in [-0.4, -0.2) is 36.7 Å². The molecule has 5 nitrogen and oxygen atoms in total. The van der Waals surface area contributed by atoms with Crippen LogP contribution in [0.5, 0.6) is 0 Å². The van der Waals surface area contributed by atoms with E-state index in [0.717, 1.165) is 7.11 Å². The number of carbonyl (C=O) groups is 2. The van der Waals surface area contributed by atoms with Crippen LogP contribution in [0.4, 0.5) is 13.6 Å². The molecule has 0 aliphatic heterocycles. The zero-order valence-corrected chi connectivity index (χ0v) is 10.8. The van der Waals surface area contributed by atoms with Crippen molar-refractivity contribution in [2.24, 2.45) is 5.92 Å². The highest BCUT2D eigenvalue weighted by atomic mass is 19.3. The molecule has 0 heterocycles.